The Bertz CT molecular complexity index is 883. The normalized spacial score (nSPS) is 20.3. The van der Waals surface area contributed by atoms with Gasteiger partial charge in [0.05, 0.1) is 11.4 Å². The first-order chi connectivity index (χ1) is 12.6. The number of hydrogen-bond donors (Lipinski definition) is 1. The summed E-state index contributed by atoms with van der Waals surface area (Å²) in [6, 6.07) is 8.68. The molecule has 1 aromatic heterocycles. The minimum atomic E-state index is -4.80. The average Bonchev–Trinajstić information content (AvgIpc) is 2.79. The molecule has 2 heterocycles. The van der Waals surface area contributed by atoms with Crippen molar-refractivity contribution in [3.63, 3.8) is 0 Å². The minimum Gasteiger partial charge on any atom is -0.288 e. The van der Waals surface area contributed by atoms with Crippen LogP contribution in [0.5, 0.6) is 0 Å². The fourth-order valence-electron chi connectivity index (χ4n) is 2.87. The van der Waals surface area contributed by atoms with Gasteiger partial charge in [-0.1, -0.05) is 55.8 Å². The fraction of sp³-hybridized carbons (Fsp3) is 0.278. The van der Waals surface area contributed by atoms with Gasteiger partial charge in [-0.25, -0.2) is 4.98 Å². The monoisotopic (exact) mass is 397 g/mol. The van der Waals surface area contributed by atoms with Crippen molar-refractivity contribution in [3.8, 4) is 11.3 Å². The lowest BCUT2D eigenvalue weighted by atomic mass is 10.00. The summed E-state index contributed by atoms with van der Waals surface area (Å²) in [5.74, 6) is -2.47. The Labute approximate surface area is 158 Å². The minimum absolute atomic E-state index is 0.204. The maximum absolute atomic E-state index is 13.8. The molecule has 1 aliphatic rings. The van der Waals surface area contributed by atoms with Crippen molar-refractivity contribution in [2.24, 2.45) is 11.8 Å². The molecule has 1 N–H and O–H groups in total. The van der Waals surface area contributed by atoms with Gasteiger partial charge in [-0.2, -0.15) is 18.2 Å². The van der Waals surface area contributed by atoms with Crippen LogP contribution < -0.4 is 5.43 Å². The summed E-state index contributed by atoms with van der Waals surface area (Å²) in [6.45, 7) is 3.10. The van der Waals surface area contributed by atoms with Gasteiger partial charge in [-0.15, -0.1) is 0 Å². The molecular weight excluding hydrogens is 383 g/mol. The second-order valence-corrected chi connectivity index (χ2v) is 6.67. The molecular formula is C18H15ClF3N3O2. The highest BCUT2D eigenvalue weighted by molar-refractivity contribution is 6.30. The van der Waals surface area contributed by atoms with Crippen LogP contribution in [-0.4, -0.2) is 21.8 Å². The van der Waals surface area contributed by atoms with E-state index in [1.165, 1.54) is 12.1 Å². The fourth-order valence-corrected chi connectivity index (χ4v) is 3.06. The molecule has 2 atom stereocenters. The van der Waals surface area contributed by atoms with Gasteiger partial charge in [0.15, 0.2) is 0 Å². The highest BCUT2D eigenvalue weighted by Crippen LogP contribution is 2.42. The molecule has 0 radical (unpaired) electrons. The van der Waals surface area contributed by atoms with Gasteiger partial charge in [0.1, 0.15) is 10.7 Å². The van der Waals surface area contributed by atoms with E-state index < -0.39 is 46.8 Å². The Morgan fingerprint density at radius 3 is 2.15 bits per heavy atom. The molecule has 3 rings (SSSR count). The maximum Gasteiger partial charge on any atom is 0.420 e. The predicted molar refractivity (Wildman–Crippen MR) is 93.5 cm³/mol. The van der Waals surface area contributed by atoms with E-state index in [-0.39, 0.29) is 10.7 Å². The van der Waals surface area contributed by atoms with Crippen molar-refractivity contribution in [1.29, 1.82) is 0 Å². The van der Waals surface area contributed by atoms with Crippen LogP contribution >= 0.6 is 11.6 Å². The summed E-state index contributed by atoms with van der Waals surface area (Å²) in [6.07, 6.45) is -4.80. The molecule has 142 valence electrons. The zero-order valence-corrected chi connectivity index (χ0v) is 15.1. The summed E-state index contributed by atoms with van der Waals surface area (Å²) < 4.78 is 41.5. The van der Waals surface area contributed by atoms with Crippen molar-refractivity contribution in [2.45, 2.75) is 20.0 Å². The summed E-state index contributed by atoms with van der Waals surface area (Å²) in [5.41, 5.74) is 0.516. The quantitative estimate of drug-likeness (QED) is 0.616. The number of benzene rings is 1. The van der Waals surface area contributed by atoms with E-state index in [9.17, 15) is 22.8 Å². The summed E-state index contributed by atoms with van der Waals surface area (Å²) >= 11 is 5.93. The lowest BCUT2D eigenvalue weighted by Crippen LogP contribution is -2.37. The number of hydrogen-bond acceptors (Lipinski definition) is 4. The summed E-state index contributed by atoms with van der Waals surface area (Å²) in [4.78, 5) is 28.3. The van der Waals surface area contributed by atoms with Crippen LogP contribution in [0.4, 0.5) is 18.9 Å². The first-order valence-electron chi connectivity index (χ1n) is 8.09. The number of pyridine rings is 1. The molecule has 2 amide bonds. The van der Waals surface area contributed by atoms with Crippen LogP contribution in [0, 0.1) is 11.8 Å². The van der Waals surface area contributed by atoms with Crippen molar-refractivity contribution in [1.82, 2.24) is 9.99 Å². The molecule has 0 bridgehead atoms. The van der Waals surface area contributed by atoms with E-state index in [1.54, 1.807) is 32.0 Å². The smallest absolute Gasteiger partial charge is 0.288 e. The Balaban J connectivity index is 2.15. The Hall–Kier alpha value is -2.61. The van der Waals surface area contributed by atoms with Crippen LogP contribution in [0.3, 0.4) is 0 Å². The third-order valence-electron chi connectivity index (χ3n) is 4.52. The Kier molecular flexibility index (Phi) is 4.86. The number of amides is 2. The Morgan fingerprint density at radius 1 is 1.07 bits per heavy atom. The second kappa shape index (κ2) is 6.84. The van der Waals surface area contributed by atoms with E-state index in [1.807, 2.05) is 0 Å². The number of anilines is 1. The number of nitrogens with one attached hydrogen (secondary N) is 1. The van der Waals surface area contributed by atoms with Crippen LogP contribution in [0.15, 0.2) is 36.4 Å². The summed E-state index contributed by atoms with van der Waals surface area (Å²) in [7, 11) is 0. The van der Waals surface area contributed by atoms with Crippen LogP contribution in [0.25, 0.3) is 11.3 Å². The molecule has 9 heteroatoms. The van der Waals surface area contributed by atoms with Gasteiger partial charge >= 0.3 is 6.18 Å². The average molecular weight is 398 g/mol. The van der Waals surface area contributed by atoms with Crippen molar-refractivity contribution in [3.05, 3.63) is 47.1 Å². The number of carbonyl (C=O) groups excluding carboxylic acids is 2. The largest absolute Gasteiger partial charge is 0.420 e. The zero-order valence-electron chi connectivity index (χ0n) is 14.3. The SMILES string of the molecule is CC1C(=O)N(Nc2cc(Cl)nc(-c3ccccc3)c2C(F)(F)F)C(=O)C1C. The van der Waals surface area contributed by atoms with Crippen molar-refractivity contribution >= 4 is 29.1 Å². The molecule has 1 aromatic carbocycles. The van der Waals surface area contributed by atoms with E-state index in [0.29, 0.717) is 5.01 Å². The van der Waals surface area contributed by atoms with Gasteiger partial charge in [-0.3, -0.25) is 15.0 Å². The van der Waals surface area contributed by atoms with Crippen molar-refractivity contribution in [2.75, 3.05) is 5.43 Å². The van der Waals surface area contributed by atoms with E-state index in [4.69, 9.17) is 11.6 Å². The van der Waals surface area contributed by atoms with Gasteiger partial charge < -0.3 is 0 Å². The molecule has 0 aliphatic carbocycles. The molecule has 1 aliphatic heterocycles. The molecule has 27 heavy (non-hydrogen) atoms. The standard InChI is InChI=1S/C18H15ClF3N3O2/c1-9-10(2)17(27)25(16(9)26)24-12-8-13(19)23-15(14(12)18(20,21)22)11-6-4-3-5-7-11/h3-10H,1-2H3,(H,23,24). The molecule has 0 saturated carbocycles. The number of alkyl halides is 3. The number of halogens is 4. The maximum atomic E-state index is 13.8. The molecule has 0 spiro atoms. The molecule has 2 unspecified atom stereocenters. The van der Waals surface area contributed by atoms with E-state index >= 15 is 0 Å². The number of carbonyl (C=O) groups is 2. The van der Waals surface area contributed by atoms with Gasteiger partial charge in [0.2, 0.25) is 0 Å². The number of aromatic nitrogens is 1. The highest BCUT2D eigenvalue weighted by Gasteiger charge is 2.45. The molecule has 1 fully saturated rings. The number of nitrogens with zero attached hydrogens (tertiary/aromatic N) is 2. The van der Waals surface area contributed by atoms with Crippen LogP contribution in [0.2, 0.25) is 5.15 Å². The first-order valence-corrected chi connectivity index (χ1v) is 8.46. The number of rotatable bonds is 3. The van der Waals surface area contributed by atoms with Gasteiger partial charge in [0.25, 0.3) is 11.8 Å². The lowest BCUT2D eigenvalue weighted by molar-refractivity contribution is -0.140. The number of imide groups is 1. The molecule has 2 aromatic rings. The topological polar surface area (TPSA) is 62.3 Å². The Morgan fingerprint density at radius 2 is 1.63 bits per heavy atom. The van der Waals surface area contributed by atoms with Crippen molar-refractivity contribution < 1.29 is 22.8 Å². The number of hydrazine groups is 1. The zero-order chi connectivity index (χ0) is 19.9. The first kappa shape index (κ1) is 19.2. The van der Waals surface area contributed by atoms with Gasteiger partial charge in [-0.05, 0) is 0 Å². The van der Waals surface area contributed by atoms with Gasteiger partial charge in [0, 0.05) is 23.5 Å². The molecule has 1 saturated heterocycles. The summed E-state index contributed by atoms with van der Waals surface area (Å²) in [5, 5.41) is 0.412. The molecule has 5 nitrogen and oxygen atoms in total. The van der Waals surface area contributed by atoms with E-state index in [0.717, 1.165) is 6.07 Å². The van der Waals surface area contributed by atoms with E-state index in [2.05, 4.69) is 10.4 Å². The third kappa shape index (κ3) is 3.49. The second-order valence-electron chi connectivity index (χ2n) is 6.28. The predicted octanol–water partition coefficient (Wildman–Crippen LogP) is 4.39. The lowest BCUT2D eigenvalue weighted by Gasteiger charge is -2.22. The van der Waals surface area contributed by atoms with Crippen LogP contribution in [0.1, 0.15) is 19.4 Å². The highest BCUT2D eigenvalue weighted by atomic mass is 35.5. The van der Waals surface area contributed by atoms with Crippen LogP contribution in [-0.2, 0) is 15.8 Å². The third-order valence-corrected chi connectivity index (χ3v) is 4.71.